The number of hydrogen-bond donors (Lipinski definition) is 1. The van der Waals surface area contributed by atoms with Gasteiger partial charge >= 0.3 is 0 Å². The summed E-state index contributed by atoms with van der Waals surface area (Å²) >= 11 is 0. The minimum Gasteiger partial charge on any atom is -0.356 e. The van der Waals surface area contributed by atoms with Gasteiger partial charge in [-0.2, -0.15) is 0 Å². The van der Waals surface area contributed by atoms with E-state index >= 15 is 0 Å². The fraction of sp³-hybridized carbons (Fsp3) is 0.316. The Bertz CT molecular complexity index is 767. The van der Waals surface area contributed by atoms with Crippen molar-refractivity contribution in [2.45, 2.75) is 19.8 Å². The van der Waals surface area contributed by atoms with Crippen LogP contribution >= 0.6 is 0 Å². The third kappa shape index (κ3) is 3.79. The maximum absolute atomic E-state index is 12.7. The van der Waals surface area contributed by atoms with Gasteiger partial charge in [0.25, 0.3) is 5.91 Å². The van der Waals surface area contributed by atoms with Crippen LogP contribution in [0.2, 0.25) is 0 Å². The minimum absolute atomic E-state index is 0.0394. The number of nitrogens with one attached hydrogen (secondary N) is 1. The van der Waals surface area contributed by atoms with E-state index in [-0.39, 0.29) is 11.8 Å². The molecule has 0 aliphatic carbocycles. The molecule has 25 heavy (non-hydrogen) atoms. The SMILES string of the molecule is CC(=O)N(C)c1ccc(NC(=O)c2cccnc2N2CCCC2)cc1. The highest BCUT2D eigenvalue weighted by atomic mass is 16.2. The molecule has 1 fully saturated rings. The van der Waals surface area contributed by atoms with Gasteiger partial charge in [-0.1, -0.05) is 0 Å². The van der Waals surface area contributed by atoms with Gasteiger partial charge in [-0.15, -0.1) is 0 Å². The van der Waals surface area contributed by atoms with Crippen LogP contribution in [-0.4, -0.2) is 36.9 Å². The summed E-state index contributed by atoms with van der Waals surface area (Å²) in [6.07, 6.45) is 3.97. The number of carbonyl (C=O) groups is 2. The van der Waals surface area contributed by atoms with E-state index in [1.165, 1.54) is 6.92 Å². The Hall–Kier alpha value is -2.89. The normalized spacial score (nSPS) is 13.6. The molecule has 0 radical (unpaired) electrons. The number of carbonyl (C=O) groups excluding carboxylic acids is 2. The van der Waals surface area contributed by atoms with Gasteiger partial charge in [0.05, 0.1) is 5.56 Å². The maximum Gasteiger partial charge on any atom is 0.259 e. The van der Waals surface area contributed by atoms with E-state index in [4.69, 9.17) is 0 Å². The summed E-state index contributed by atoms with van der Waals surface area (Å²) in [5, 5.41) is 2.91. The molecule has 0 spiro atoms. The Morgan fingerprint density at radius 3 is 2.44 bits per heavy atom. The second-order valence-electron chi connectivity index (χ2n) is 6.15. The van der Waals surface area contributed by atoms with Crippen LogP contribution in [0.3, 0.4) is 0 Å². The van der Waals surface area contributed by atoms with E-state index < -0.39 is 0 Å². The Balaban J connectivity index is 1.75. The van der Waals surface area contributed by atoms with Gasteiger partial charge in [0.2, 0.25) is 5.91 Å². The molecule has 6 heteroatoms. The van der Waals surface area contributed by atoms with E-state index in [9.17, 15) is 9.59 Å². The number of aromatic nitrogens is 1. The van der Waals surface area contributed by atoms with Crippen LogP contribution in [0.4, 0.5) is 17.2 Å². The lowest BCUT2D eigenvalue weighted by Crippen LogP contribution is -2.24. The molecule has 1 aromatic heterocycles. The van der Waals surface area contributed by atoms with Crippen LogP contribution in [0, 0.1) is 0 Å². The molecule has 2 aromatic rings. The predicted octanol–water partition coefficient (Wildman–Crippen LogP) is 2.92. The zero-order chi connectivity index (χ0) is 17.8. The molecule has 0 saturated carbocycles. The molecule has 0 atom stereocenters. The van der Waals surface area contributed by atoms with Crippen molar-refractivity contribution in [2.24, 2.45) is 0 Å². The molecule has 6 nitrogen and oxygen atoms in total. The first kappa shape index (κ1) is 17.0. The van der Waals surface area contributed by atoms with Crippen molar-refractivity contribution in [1.82, 2.24) is 4.98 Å². The number of anilines is 3. The van der Waals surface area contributed by atoms with E-state index in [2.05, 4.69) is 15.2 Å². The van der Waals surface area contributed by atoms with Crippen molar-refractivity contribution >= 4 is 29.0 Å². The smallest absolute Gasteiger partial charge is 0.259 e. The van der Waals surface area contributed by atoms with Crippen LogP contribution in [0.25, 0.3) is 0 Å². The van der Waals surface area contributed by atoms with Crippen LogP contribution in [0.15, 0.2) is 42.6 Å². The summed E-state index contributed by atoms with van der Waals surface area (Å²) in [5.74, 6) is 0.524. The summed E-state index contributed by atoms with van der Waals surface area (Å²) in [6, 6.07) is 10.8. The van der Waals surface area contributed by atoms with Gasteiger partial charge in [-0.25, -0.2) is 4.98 Å². The molecule has 2 heterocycles. The molecule has 1 aromatic carbocycles. The fourth-order valence-electron chi connectivity index (χ4n) is 2.90. The Morgan fingerprint density at radius 2 is 1.80 bits per heavy atom. The Labute approximate surface area is 147 Å². The third-order valence-corrected chi connectivity index (χ3v) is 4.42. The first-order valence-corrected chi connectivity index (χ1v) is 8.42. The number of amides is 2. The standard InChI is InChI=1S/C19H22N4O2/c1-14(24)22(2)16-9-7-15(8-10-16)21-19(25)17-6-5-11-20-18(17)23-12-3-4-13-23/h5-11H,3-4,12-13H2,1-2H3,(H,21,25). The molecule has 1 saturated heterocycles. The van der Waals surface area contributed by atoms with Crippen molar-refractivity contribution < 1.29 is 9.59 Å². The van der Waals surface area contributed by atoms with Gasteiger partial charge in [-0.05, 0) is 49.2 Å². The lowest BCUT2D eigenvalue weighted by atomic mass is 10.2. The lowest BCUT2D eigenvalue weighted by Gasteiger charge is -2.19. The number of benzene rings is 1. The molecular weight excluding hydrogens is 316 g/mol. The molecule has 0 unspecified atom stereocenters. The van der Waals surface area contributed by atoms with E-state index in [1.807, 2.05) is 12.1 Å². The summed E-state index contributed by atoms with van der Waals surface area (Å²) in [5.41, 5.74) is 2.04. The van der Waals surface area contributed by atoms with Crippen LogP contribution in [0.5, 0.6) is 0 Å². The summed E-state index contributed by atoms with van der Waals surface area (Å²) in [7, 11) is 1.72. The van der Waals surface area contributed by atoms with E-state index in [0.717, 1.165) is 37.4 Å². The number of pyridine rings is 1. The van der Waals surface area contributed by atoms with Crippen molar-refractivity contribution in [3.8, 4) is 0 Å². The second-order valence-corrected chi connectivity index (χ2v) is 6.15. The van der Waals surface area contributed by atoms with Crippen molar-refractivity contribution in [2.75, 3.05) is 35.3 Å². The molecule has 1 N–H and O–H groups in total. The summed E-state index contributed by atoms with van der Waals surface area (Å²) in [6.45, 7) is 3.38. The van der Waals surface area contributed by atoms with Crippen molar-refractivity contribution in [3.05, 3.63) is 48.2 Å². The summed E-state index contributed by atoms with van der Waals surface area (Å²) in [4.78, 5) is 32.2. The topological polar surface area (TPSA) is 65.5 Å². The monoisotopic (exact) mass is 338 g/mol. The minimum atomic E-state index is -0.178. The number of rotatable bonds is 4. The van der Waals surface area contributed by atoms with Gasteiger partial charge in [0.15, 0.2) is 0 Å². The van der Waals surface area contributed by atoms with Gasteiger partial charge < -0.3 is 15.1 Å². The van der Waals surface area contributed by atoms with E-state index in [1.54, 1.807) is 42.4 Å². The van der Waals surface area contributed by atoms with Crippen molar-refractivity contribution in [1.29, 1.82) is 0 Å². The molecule has 130 valence electrons. The van der Waals surface area contributed by atoms with Crippen LogP contribution < -0.4 is 15.1 Å². The van der Waals surface area contributed by atoms with Crippen molar-refractivity contribution in [3.63, 3.8) is 0 Å². The van der Waals surface area contributed by atoms with Gasteiger partial charge in [0, 0.05) is 44.6 Å². The van der Waals surface area contributed by atoms with Gasteiger partial charge in [0.1, 0.15) is 5.82 Å². The molecule has 3 rings (SSSR count). The average Bonchev–Trinajstić information content (AvgIpc) is 3.16. The molecule has 1 aliphatic rings. The second kappa shape index (κ2) is 7.34. The third-order valence-electron chi connectivity index (χ3n) is 4.42. The Morgan fingerprint density at radius 1 is 1.12 bits per heavy atom. The average molecular weight is 338 g/mol. The van der Waals surface area contributed by atoms with Crippen LogP contribution in [-0.2, 0) is 4.79 Å². The first-order chi connectivity index (χ1) is 12.1. The maximum atomic E-state index is 12.7. The molecule has 0 bridgehead atoms. The zero-order valence-corrected chi connectivity index (χ0v) is 14.5. The highest BCUT2D eigenvalue weighted by Crippen LogP contribution is 2.23. The largest absolute Gasteiger partial charge is 0.356 e. The molecule has 1 aliphatic heterocycles. The quantitative estimate of drug-likeness (QED) is 0.931. The highest BCUT2D eigenvalue weighted by Gasteiger charge is 2.20. The first-order valence-electron chi connectivity index (χ1n) is 8.42. The molecule has 2 amide bonds. The highest BCUT2D eigenvalue weighted by molar-refractivity contribution is 6.07. The number of nitrogens with zero attached hydrogens (tertiary/aromatic N) is 3. The van der Waals surface area contributed by atoms with Gasteiger partial charge in [-0.3, -0.25) is 9.59 Å². The van der Waals surface area contributed by atoms with E-state index in [0.29, 0.717) is 11.3 Å². The van der Waals surface area contributed by atoms with Crippen LogP contribution in [0.1, 0.15) is 30.1 Å². The fourth-order valence-corrected chi connectivity index (χ4v) is 2.90. The molecular formula is C19H22N4O2. The zero-order valence-electron chi connectivity index (χ0n) is 14.5. The predicted molar refractivity (Wildman–Crippen MR) is 99.2 cm³/mol. The Kier molecular flexibility index (Phi) is 4.97. The number of hydrogen-bond acceptors (Lipinski definition) is 4. The lowest BCUT2D eigenvalue weighted by molar-refractivity contribution is -0.116. The summed E-state index contributed by atoms with van der Waals surface area (Å²) < 4.78 is 0.